The van der Waals surface area contributed by atoms with Gasteiger partial charge in [-0.2, -0.15) is 0 Å². The Morgan fingerprint density at radius 3 is 1.23 bits per heavy atom. The Bertz CT molecular complexity index is 773. The Hall–Kier alpha value is -2.04. The zero-order valence-electron chi connectivity index (χ0n) is 19.5. The summed E-state index contributed by atoms with van der Waals surface area (Å²) in [5.74, 6) is 2.14. The predicted octanol–water partition coefficient (Wildman–Crippen LogP) is 5.08. The highest BCUT2D eigenvalue weighted by Crippen LogP contribution is 2.32. The van der Waals surface area contributed by atoms with E-state index in [1.165, 1.54) is 33.4 Å². The van der Waals surface area contributed by atoms with Crippen molar-refractivity contribution >= 4 is 0 Å². The Morgan fingerprint density at radius 2 is 0.968 bits per heavy atom. The fraction of sp³-hybridized carbons (Fsp3) is 0.556. The fourth-order valence-electron chi connectivity index (χ4n) is 4.20. The highest BCUT2D eigenvalue weighted by Gasteiger charge is 2.25. The summed E-state index contributed by atoms with van der Waals surface area (Å²) >= 11 is 0. The average molecular weight is 425 g/mol. The van der Waals surface area contributed by atoms with E-state index < -0.39 is 0 Å². The molecule has 0 saturated carbocycles. The van der Waals surface area contributed by atoms with Crippen LogP contribution in [0.25, 0.3) is 0 Å². The summed E-state index contributed by atoms with van der Waals surface area (Å²) in [5, 5.41) is 0. The van der Waals surface area contributed by atoms with E-state index in [2.05, 4.69) is 52.0 Å². The number of benzene rings is 2. The molecule has 0 aliphatic carbocycles. The van der Waals surface area contributed by atoms with Crippen molar-refractivity contribution in [2.75, 3.05) is 26.4 Å². The standard InChI is InChI=1S/C27H36O4/c1-5-20-10-18(11-21(6-2)26(20)30-16-24-14-28-24)9-19-12-22(7-3)27(23(8-4)13-19)31-17-25-15-29-25/h10-13,24-25H,5-9,14-17H2,1-4H3. The highest BCUT2D eigenvalue weighted by atomic mass is 16.6. The maximum absolute atomic E-state index is 6.17. The first kappa shape index (κ1) is 22.2. The lowest BCUT2D eigenvalue weighted by Gasteiger charge is -2.18. The van der Waals surface area contributed by atoms with E-state index >= 15 is 0 Å². The van der Waals surface area contributed by atoms with Gasteiger partial charge >= 0.3 is 0 Å². The topological polar surface area (TPSA) is 43.5 Å². The lowest BCUT2D eigenvalue weighted by Crippen LogP contribution is -2.09. The summed E-state index contributed by atoms with van der Waals surface area (Å²) in [4.78, 5) is 0. The van der Waals surface area contributed by atoms with Crippen LogP contribution in [-0.4, -0.2) is 38.6 Å². The Kier molecular flexibility index (Phi) is 7.19. The summed E-state index contributed by atoms with van der Waals surface area (Å²) in [7, 11) is 0. The van der Waals surface area contributed by atoms with Crippen LogP contribution in [-0.2, 0) is 41.6 Å². The third-order valence-corrected chi connectivity index (χ3v) is 6.17. The van der Waals surface area contributed by atoms with Crippen molar-refractivity contribution in [1.29, 1.82) is 0 Å². The molecule has 0 amide bonds. The van der Waals surface area contributed by atoms with Crippen LogP contribution >= 0.6 is 0 Å². The van der Waals surface area contributed by atoms with E-state index in [0.717, 1.165) is 56.8 Å². The molecular weight excluding hydrogens is 388 g/mol. The summed E-state index contributed by atoms with van der Waals surface area (Å²) in [6.07, 6.45) is 5.37. The van der Waals surface area contributed by atoms with Crippen LogP contribution in [0.3, 0.4) is 0 Å². The number of epoxide rings is 2. The Labute approximate surface area is 186 Å². The average Bonchev–Trinajstić information content (AvgIpc) is 3.71. The number of aryl methyl sites for hydroxylation is 4. The largest absolute Gasteiger partial charge is 0.490 e. The summed E-state index contributed by atoms with van der Waals surface area (Å²) < 4.78 is 23.0. The van der Waals surface area contributed by atoms with Gasteiger partial charge in [0.2, 0.25) is 0 Å². The number of hydrogen-bond donors (Lipinski definition) is 0. The molecule has 2 aromatic carbocycles. The molecule has 2 fully saturated rings. The van der Waals surface area contributed by atoms with Gasteiger partial charge in [-0.15, -0.1) is 0 Å². The molecule has 2 aromatic rings. The van der Waals surface area contributed by atoms with Crippen molar-refractivity contribution in [1.82, 2.24) is 0 Å². The van der Waals surface area contributed by atoms with Gasteiger partial charge in [0, 0.05) is 0 Å². The highest BCUT2D eigenvalue weighted by molar-refractivity contribution is 5.49. The molecule has 2 saturated heterocycles. The third kappa shape index (κ3) is 5.61. The predicted molar refractivity (Wildman–Crippen MR) is 124 cm³/mol. The van der Waals surface area contributed by atoms with Crippen molar-refractivity contribution in [3.8, 4) is 11.5 Å². The monoisotopic (exact) mass is 424 g/mol. The number of rotatable bonds is 12. The van der Waals surface area contributed by atoms with E-state index in [9.17, 15) is 0 Å². The maximum atomic E-state index is 6.17. The lowest BCUT2D eigenvalue weighted by molar-refractivity contribution is 0.259. The number of hydrogen-bond acceptors (Lipinski definition) is 4. The first-order chi connectivity index (χ1) is 15.1. The van der Waals surface area contributed by atoms with E-state index in [4.69, 9.17) is 18.9 Å². The second-order valence-corrected chi connectivity index (χ2v) is 8.61. The lowest BCUT2D eigenvalue weighted by atomic mass is 9.93. The second-order valence-electron chi connectivity index (χ2n) is 8.61. The minimum Gasteiger partial charge on any atom is -0.490 e. The molecule has 2 heterocycles. The van der Waals surface area contributed by atoms with Crippen LogP contribution in [0.5, 0.6) is 11.5 Å². The molecule has 2 aliphatic heterocycles. The summed E-state index contributed by atoms with van der Waals surface area (Å²) in [5.41, 5.74) is 7.90. The summed E-state index contributed by atoms with van der Waals surface area (Å²) in [6.45, 7) is 11.8. The minimum absolute atomic E-state index is 0.279. The van der Waals surface area contributed by atoms with Gasteiger partial charge in [0.05, 0.1) is 13.2 Å². The van der Waals surface area contributed by atoms with Gasteiger partial charge in [0.25, 0.3) is 0 Å². The molecule has 0 radical (unpaired) electrons. The molecular formula is C27H36O4. The van der Waals surface area contributed by atoms with Crippen LogP contribution in [0.2, 0.25) is 0 Å². The SMILES string of the molecule is CCc1cc(Cc2cc(CC)c(OCC3CO3)c(CC)c2)cc(CC)c1OCC1CO1. The van der Waals surface area contributed by atoms with Gasteiger partial charge in [0.15, 0.2) is 0 Å². The van der Waals surface area contributed by atoms with E-state index in [0.29, 0.717) is 13.2 Å². The molecule has 0 N–H and O–H groups in total. The van der Waals surface area contributed by atoms with Gasteiger partial charge in [-0.3, -0.25) is 0 Å². The Morgan fingerprint density at radius 1 is 0.645 bits per heavy atom. The molecule has 31 heavy (non-hydrogen) atoms. The van der Waals surface area contributed by atoms with Crippen LogP contribution in [0.4, 0.5) is 0 Å². The molecule has 0 spiro atoms. The van der Waals surface area contributed by atoms with Crippen molar-refractivity contribution < 1.29 is 18.9 Å². The van der Waals surface area contributed by atoms with Gasteiger partial charge in [-0.1, -0.05) is 52.0 Å². The van der Waals surface area contributed by atoms with Crippen molar-refractivity contribution in [2.24, 2.45) is 0 Å². The second kappa shape index (κ2) is 10.1. The zero-order valence-corrected chi connectivity index (χ0v) is 19.5. The first-order valence-electron chi connectivity index (χ1n) is 11.9. The van der Waals surface area contributed by atoms with E-state index in [1.54, 1.807) is 0 Å². The smallest absolute Gasteiger partial charge is 0.125 e. The van der Waals surface area contributed by atoms with Crippen molar-refractivity contribution in [2.45, 2.75) is 72.0 Å². The van der Waals surface area contributed by atoms with Gasteiger partial charge in [-0.25, -0.2) is 0 Å². The molecule has 168 valence electrons. The number of ether oxygens (including phenoxy) is 4. The van der Waals surface area contributed by atoms with Crippen molar-refractivity contribution in [3.05, 3.63) is 57.6 Å². The molecule has 2 unspecified atom stereocenters. The van der Waals surface area contributed by atoms with Gasteiger partial charge < -0.3 is 18.9 Å². The third-order valence-electron chi connectivity index (χ3n) is 6.17. The van der Waals surface area contributed by atoms with Crippen LogP contribution in [0.15, 0.2) is 24.3 Å². The quantitative estimate of drug-likeness (QED) is 0.446. The van der Waals surface area contributed by atoms with Crippen molar-refractivity contribution in [3.63, 3.8) is 0 Å². The summed E-state index contributed by atoms with van der Waals surface area (Å²) in [6, 6.07) is 9.31. The maximum Gasteiger partial charge on any atom is 0.125 e. The minimum atomic E-state index is 0.279. The molecule has 4 rings (SSSR count). The Balaban J connectivity index is 1.58. The zero-order chi connectivity index (χ0) is 21.8. The first-order valence-corrected chi connectivity index (χ1v) is 11.9. The van der Waals surface area contributed by atoms with Gasteiger partial charge in [-0.05, 0) is 65.5 Å². The van der Waals surface area contributed by atoms with Crippen LogP contribution in [0.1, 0.15) is 61.1 Å². The van der Waals surface area contributed by atoms with Crippen LogP contribution < -0.4 is 9.47 Å². The van der Waals surface area contributed by atoms with E-state index in [-0.39, 0.29) is 12.2 Å². The molecule has 2 atom stereocenters. The fourth-order valence-corrected chi connectivity index (χ4v) is 4.20. The molecule has 0 aromatic heterocycles. The molecule has 2 aliphatic rings. The molecule has 4 nitrogen and oxygen atoms in total. The van der Waals surface area contributed by atoms with Crippen LogP contribution in [0, 0.1) is 0 Å². The van der Waals surface area contributed by atoms with Gasteiger partial charge in [0.1, 0.15) is 36.9 Å². The normalized spacial score (nSPS) is 19.4. The molecule has 0 bridgehead atoms. The molecule has 4 heteroatoms. The van der Waals surface area contributed by atoms with E-state index in [1.807, 2.05) is 0 Å².